The zero-order valence-corrected chi connectivity index (χ0v) is 19.5. The molecule has 0 aliphatic heterocycles. The lowest BCUT2D eigenvalue weighted by molar-refractivity contribution is -0.591. The first kappa shape index (κ1) is 20.2. The number of thiazole rings is 1. The number of anilines is 1. The van der Waals surface area contributed by atoms with Crippen LogP contribution in [0.25, 0.3) is 10.2 Å². The van der Waals surface area contributed by atoms with Gasteiger partial charge < -0.3 is 21.7 Å². The lowest BCUT2D eigenvalue weighted by atomic mass is 10.2. The predicted molar refractivity (Wildman–Crippen MR) is 102 cm³/mol. The van der Waals surface area contributed by atoms with Gasteiger partial charge in [-0.3, -0.25) is 10.1 Å². The molecule has 0 spiro atoms. The predicted octanol–water partition coefficient (Wildman–Crippen LogP) is -1.25. The minimum absolute atomic E-state index is 0. The Morgan fingerprint density at radius 1 is 1.15 bits per heavy atom. The molecule has 0 aliphatic rings. The van der Waals surface area contributed by atoms with E-state index in [1.165, 1.54) is 17.8 Å². The zero-order chi connectivity index (χ0) is 17.9. The molecule has 0 fully saturated rings. The van der Waals surface area contributed by atoms with Crippen molar-refractivity contribution in [2.24, 2.45) is 0 Å². The van der Waals surface area contributed by atoms with Gasteiger partial charge in [0.05, 0.1) is 17.3 Å². The minimum atomic E-state index is -0.170. The average Bonchev–Trinajstić information content (AvgIpc) is 3.30. The quantitative estimate of drug-likeness (QED) is 0.304. The van der Waals surface area contributed by atoms with Crippen LogP contribution in [0.15, 0.2) is 60.0 Å². The van der Waals surface area contributed by atoms with Gasteiger partial charge in [-0.05, 0) is 53.9 Å². The van der Waals surface area contributed by atoms with Gasteiger partial charge in [-0.15, -0.1) is 0 Å². The summed E-state index contributed by atoms with van der Waals surface area (Å²) < 4.78 is 8.93. The second-order valence-corrected chi connectivity index (χ2v) is 11.0. The number of halogens is 2. The Hall–Kier alpha value is -1.49. The maximum Gasteiger partial charge on any atom is 0.369 e. The van der Waals surface area contributed by atoms with Gasteiger partial charge in [-0.1, -0.05) is 22.7 Å². The van der Waals surface area contributed by atoms with E-state index in [0.717, 1.165) is 16.0 Å². The topological polar surface area (TPSA) is 51.2 Å². The van der Waals surface area contributed by atoms with Crippen molar-refractivity contribution in [2.45, 2.75) is 0 Å². The molecule has 0 unspecified atom stereocenters. The molecular formula is C19H14BrIN2O2S2. The van der Waals surface area contributed by atoms with Crippen LogP contribution in [-0.4, -0.2) is 18.0 Å². The number of hydrogen-bond acceptors (Lipinski definition) is 5. The normalized spacial score (nSPS) is 10.4. The summed E-state index contributed by atoms with van der Waals surface area (Å²) in [7, 11) is 1.63. The Morgan fingerprint density at radius 3 is 2.67 bits per heavy atom. The lowest BCUT2D eigenvalue weighted by Crippen LogP contribution is -3.61. The van der Waals surface area contributed by atoms with E-state index in [1.807, 2.05) is 42.5 Å². The molecule has 0 atom stereocenters. The van der Waals surface area contributed by atoms with Crippen LogP contribution in [0.3, 0.4) is 0 Å². The molecule has 2 heterocycles. The van der Waals surface area contributed by atoms with Crippen LogP contribution in [0.1, 0.15) is 10.4 Å². The molecule has 4 nitrogen and oxygen atoms in total. The molecule has 8 heteroatoms. The van der Waals surface area contributed by atoms with E-state index in [0.29, 0.717) is 10.7 Å². The number of benzene rings is 2. The summed E-state index contributed by atoms with van der Waals surface area (Å²) in [6.07, 6.45) is 0. The number of methoxy groups -OCH3 is 1. The van der Waals surface area contributed by atoms with Crippen LogP contribution in [0, 0.1) is 6.45 Å². The van der Waals surface area contributed by atoms with Crippen molar-refractivity contribution < 1.29 is 47.7 Å². The van der Waals surface area contributed by atoms with Gasteiger partial charge in [0, 0.05) is 11.6 Å². The van der Waals surface area contributed by atoms with E-state index in [9.17, 15) is 4.79 Å². The Morgan fingerprint density at radius 2 is 1.96 bits per heavy atom. The maximum absolute atomic E-state index is 12.5. The van der Waals surface area contributed by atoms with Gasteiger partial charge >= 0.3 is 21.2 Å². The van der Waals surface area contributed by atoms with Crippen molar-refractivity contribution in [3.63, 3.8) is 0 Å². The van der Waals surface area contributed by atoms with E-state index in [4.69, 9.17) is 4.74 Å². The van der Waals surface area contributed by atoms with Crippen molar-refractivity contribution in [3.05, 3.63) is 72.0 Å². The first-order valence-electron chi connectivity index (χ1n) is 7.75. The van der Waals surface area contributed by atoms with Crippen LogP contribution in [0.4, 0.5) is 5.13 Å². The van der Waals surface area contributed by atoms with Crippen LogP contribution < -0.4 is 48.2 Å². The summed E-state index contributed by atoms with van der Waals surface area (Å²) in [5.41, 5.74) is 1.49. The first-order chi connectivity index (χ1) is 12.7. The lowest BCUT2D eigenvalue weighted by Gasteiger charge is -2.00. The van der Waals surface area contributed by atoms with Crippen LogP contribution in [0.2, 0.25) is 0 Å². The van der Waals surface area contributed by atoms with E-state index < -0.39 is 0 Å². The van der Waals surface area contributed by atoms with Crippen molar-refractivity contribution in [3.8, 4) is 5.75 Å². The number of ether oxygens (including phenoxy) is 1. The third kappa shape index (κ3) is 4.87. The summed E-state index contributed by atoms with van der Waals surface area (Å²) in [5, 5.41) is 5.58. The number of thiophene rings is 1. The van der Waals surface area contributed by atoms with Gasteiger partial charge in [-0.2, -0.15) is 0 Å². The van der Waals surface area contributed by atoms with Crippen molar-refractivity contribution in [1.29, 1.82) is 0 Å². The van der Waals surface area contributed by atoms with E-state index >= 15 is 0 Å². The third-order valence-corrected chi connectivity index (χ3v) is 8.71. The van der Waals surface area contributed by atoms with Gasteiger partial charge in [0.1, 0.15) is 5.75 Å². The molecule has 0 radical (unpaired) electrons. The number of nitrogens with zero attached hydrogens (tertiary/aromatic N) is 1. The monoisotopic (exact) mass is 572 g/mol. The number of rotatable bonds is 5. The SMILES string of the molecule is COc1ccc2nc(NC(=O)c3ccc([I+]c4cccs4)cc3)sc2c1.[Br-]. The van der Waals surface area contributed by atoms with Gasteiger partial charge in [-0.25, -0.2) is 4.98 Å². The van der Waals surface area contributed by atoms with Crippen LogP contribution >= 0.6 is 22.7 Å². The van der Waals surface area contributed by atoms with Crippen molar-refractivity contribution in [2.75, 3.05) is 12.4 Å². The molecule has 1 amide bonds. The Labute approximate surface area is 185 Å². The maximum atomic E-state index is 12.5. The third-order valence-electron chi connectivity index (χ3n) is 3.61. The number of carbonyl (C=O) groups is 1. The fourth-order valence-corrected chi connectivity index (χ4v) is 6.86. The van der Waals surface area contributed by atoms with E-state index in [-0.39, 0.29) is 44.1 Å². The summed E-state index contributed by atoms with van der Waals surface area (Å²) in [6.45, 7) is 0. The highest BCUT2D eigenvalue weighted by atomic mass is 127. The molecule has 0 saturated carbocycles. The molecule has 27 heavy (non-hydrogen) atoms. The molecule has 0 aliphatic carbocycles. The standard InChI is InChI=1S/C19H13IN2O2S2.BrH/c1-24-14-8-9-15-16(11-14)26-19(21-15)22-18(23)12-4-6-13(7-5-12)20-17-3-2-10-25-17;/h2-11H,1H3;1H. The summed E-state index contributed by atoms with van der Waals surface area (Å²) >= 11 is 3.06. The number of carbonyl (C=O) groups excluding carboxylic acids is 1. The van der Waals surface area contributed by atoms with Crippen LogP contribution in [-0.2, 0) is 0 Å². The summed E-state index contributed by atoms with van der Waals surface area (Å²) in [4.78, 5) is 16.9. The molecule has 0 bridgehead atoms. The van der Waals surface area contributed by atoms with E-state index in [1.54, 1.807) is 18.4 Å². The number of aromatic nitrogens is 1. The number of hydrogen-bond donors (Lipinski definition) is 1. The largest absolute Gasteiger partial charge is 1.00 e. The molecule has 4 aromatic rings. The molecule has 138 valence electrons. The summed E-state index contributed by atoms with van der Waals surface area (Å²) in [5.74, 6) is 0.639. The van der Waals surface area contributed by atoms with Gasteiger partial charge in [0.15, 0.2) is 8.70 Å². The highest BCUT2D eigenvalue weighted by Crippen LogP contribution is 2.29. The van der Waals surface area contributed by atoms with Gasteiger partial charge in [0.25, 0.3) is 5.91 Å². The molecule has 0 saturated heterocycles. The van der Waals surface area contributed by atoms with Crippen molar-refractivity contribution in [1.82, 2.24) is 4.98 Å². The number of fused-ring (bicyclic) bond motifs is 1. The van der Waals surface area contributed by atoms with Gasteiger partial charge in [0.2, 0.25) is 2.88 Å². The molecule has 1 N–H and O–H groups in total. The highest BCUT2D eigenvalue weighted by Gasteiger charge is 2.17. The average molecular weight is 573 g/mol. The van der Waals surface area contributed by atoms with Crippen LogP contribution in [0.5, 0.6) is 5.75 Å². The minimum Gasteiger partial charge on any atom is -1.00 e. The second kappa shape index (κ2) is 9.13. The Balaban J connectivity index is 0.00000210. The molecule has 2 aromatic heterocycles. The fourth-order valence-electron chi connectivity index (χ4n) is 2.34. The number of nitrogens with one attached hydrogen (secondary N) is 1. The highest BCUT2D eigenvalue weighted by molar-refractivity contribution is 7.22. The molecule has 2 aromatic carbocycles. The molecular weight excluding hydrogens is 559 g/mol. The second-order valence-electron chi connectivity index (χ2n) is 5.33. The Bertz CT molecular complexity index is 1050. The first-order valence-corrected chi connectivity index (χ1v) is 11.6. The zero-order valence-electron chi connectivity index (χ0n) is 14.1. The Kier molecular flexibility index (Phi) is 6.85. The van der Waals surface area contributed by atoms with Crippen molar-refractivity contribution >= 4 is 43.9 Å². The molecule has 4 rings (SSSR count). The summed E-state index contributed by atoms with van der Waals surface area (Å²) in [6, 6.07) is 17.8. The number of amides is 1. The smallest absolute Gasteiger partial charge is 0.369 e. The fraction of sp³-hybridized carbons (Fsp3) is 0.0526. The van der Waals surface area contributed by atoms with E-state index in [2.05, 4.69) is 27.8 Å².